The second-order valence-electron chi connectivity index (χ2n) is 17.7. The molecule has 6 N–H and O–H groups in total. The van der Waals surface area contributed by atoms with Gasteiger partial charge in [0.2, 0.25) is 0 Å². The molecule has 362 valence electrons. The van der Waals surface area contributed by atoms with Gasteiger partial charge in [-0.25, -0.2) is 4.57 Å². The molecule has 1 aliphatic carbocycles. The van der Waals surface area contributed by atoms with E-state index < -0.39 is 63.1 Å². The number of aliphatic hydroxyl groups excluding tert-OH is 5. The Morgan fingerprint density at radius 2 is 0.885 bits per heavy atom. The fourth-order valence-corrected chi connectivity index (χ4v) is 8.84. The minimum Gasteiger partial charge on any atom is -0.457 e. The van der Waals surface area contributed by atoms with Crippen molar-refractivity contribution in [1.82, 2.24) is 0 Å². The molecule has 13 heteroatoms. The Balaban J connectivity index is 2.30. The van der Waals surface area contributed by atoms with Gasteiger partial charge in [0.05, 0.1) is 13.2 Å². The van der Waals surface area contributed by atoms with Crippen LogP contribution in [0.2, 0.25) is 0 Å². The van der Waals surface area contributed by atoms with E-state index in [1.165, 1.54) is 141 Å². The summed E-state index contributed by atoms with van der Waals surface area (Å²) in [6.45, 7) is 4.24. The first-order chi connectivity index (χ1) is 29.5. The van der Waals surface area contributed by atoms with Crippen LogP contribution in [0.4, 0.5) is 0 Å². The van der Waals surface area contributed by atoms with Crippen molar-refractivity contribution in [2.45, 2.75) is 268 Å². The molecule has 1 fully saturated rings. The second-order valence-corrected chi connectivity index (χ2v) is 19.1. The highest BCUT2D eigenvalue weighted by molar-refractivity contribution is 7.47. The van der Waals surface area contributed by atoms with Crippen LogP contribution in [-0.2, 0) is 27.9 Å². The number of carbonyl (C=O) groups is 1. The number of unbranched alkanes of at least 4 members (excludes halogenated alkanes) is 29. The first kappa shape index (κ1) is 58.1. The molecule has 0 saturated heterocycles. The van der Waals surface area contributed by atoms with Gasteiger partial charge >= 0.3 is 13.8 Å². The lowest BCUT2D eigenvalue weighted by atomic mass is 9.85. The highest BCUT2D eigenvalue weighted by Crippen LogP contribution is 2.47. The van der Waals surface area contributed by atoms with Crippen LogP contribution in [-0.4, -0.2) is 98.9 Å². The average molecular weight is 893 g/mol. The minimum absolute atomic E-state index is 0.0756. The monoisotopic (exact) mass is 893 g/mol. The Labute approximate surface area is 371 Å². The highest BCUT2D eigenvalue weighted by atomic mass is 31.2. The van der Waals surface area contributed by atoms with Gasteiger partial charge in [-0.05, 0) is 32.1 Å². The molecule has 0 aliphatic heterocycles. The van der Waals surface area contributed by atoms with Crippen LogP contribution in [0.1, 0.15) is 226 Å². The van der Waals surface area contributed by atoms with Crippen LogP contribution < -0.4 is 0 Å². The molecule has 0 amide bonds. The average Bonchev–Trinajstić information content (AvgIpc) is 3.24. The largest absolute Gasteiger partial charge is 0.472 e. The molecule has 0 aromatic heterocycles. The molecule has 12 nitrogen and oxygen atoms in total. The molecule has 1 saturated carbocycles. The fraction of sp³-hybridized carbons (Fsp3) is 0.938. The van der Waals surface area contributed by atoms with E-state index in [1.807, 2.05) is 0 Å². The lowest BCUT2D eigenvalue weighted by Gasteiger charge is -2.41. The highest BCUT2D eigenvalue weighted by Gasteiger charge is 2.51. The van der Waals surface area contributed by atoms with Gasteiger partial charge in [0, 0.05) is 13.0 Å². The van der Waals surface area contributed by atoms with Crippen LogP contribution >= 0.6 is 7.82 Å². The number of esters is 1. The van der Waals surface area contributed by atoms with Gasteiger partial charge in [-0.3, -0.25) is 13.8 Å². The lowest BCUT2D eigenvalue weighted by molar-refractivity contribution is -0.220. The van der Waals surface area contributed by atoms with Gasteiger partial charge in [-0.15, -0.1) is 0 Å². The molecule has 0 heterocycles. The van der Waals surface area contributed by atoms with E-state index in [0.29, 0.717) is 13.0 Å². The number of allylic oxidation sites excluding steroid dienone is 2. The number of phosphoric ester groups is 1. The molecule has 6 unspecified atom stereocenters. The topological polar surface area (TPSA) is 192 Å². The first-order valence-electron chi connectivity index (χ1n) is 25.0. The van der Waals surface area contributed by atoms with E-state index in [-0.39, 0.29) is 13.0 Å². The zero-order valence-corrected chi connectivity index (χ0v) is 39.6. The maximum Gasteiger partial charge on any atom is 0.472 e. The Bertz CT molecular complexity index is 1060. The maximum absolute atomic E-state index is 12.8. The van der Waals surface area contributed by atoms with Crippen LogP contribution in [0.5, 0.6) is 0 Å². The van der Waals surface area contributed by atoms with Crippen molar-refractivity contribution in [2.75, 3.05) is 19.8 Å². The summed E-state index contributed by atoms with van der Waals surface area (Å²) in [6.07, 6.45) is 31.5. The van der Waals surface area contributed by atoms with E-state index in [9.17, 15) is 39.8 Å². The summed E-state index contributed by atoms with van der Waals surface area (Å²) in [7, 11) is -5.01. The standard InChI is InChI=1S/C48H93O12P/c1-3-5-7-9-11-13-15-17-18-19-20-21-22-23-24-25-26-27-29-31-33-35-37-42(49)59-41(39-57-38-36-34-32-30-28-16-14-12-10-8-6-4-2)40-58-61(55,56)60-48-46(53)44(51)43(50)45(52)47(48)54/h10,12,41,43-48,50-54H,3-9,11,13-40H2,1-2H3,(H,55,56)/b12-10-. The quantitative estimate of drug-likeness (QED) is 0.0147. The number of carbonyl (C=O) groups excluding carboxylic acids is 1. The summed E-state index contributed by atoms with van der Waals surface area (Å²) >= 11 is 0. The van der Waals surface area contributed by atoms with E-state index in [0.717, 1.165) is 57.8 Å². The predicted molar refractivity (Wildman–Crippen MR) is 244 cm³/mol. The predicted octanol–water partition coefficient (Wildman–Crippen LogP) is 10.7. The number of ether oxygens (including phenoxy) is 2. The van der Waals surface area contributed by atoms with Crippen LogP contribution in [0.3, 0.4) is 0 Å². The third-order valence-corrected chi connectivity index (χ3v) is 12.9. The molecule has 61 heavy (non-hydrogen) atoms. The number of rotatable bonds is 43. The smallest absolute Gasteiger partial charge is 0.457 e. The summed E-state index contributed by atoms with van der Waals surface area (Å²) in [5, 5.41) is 50.2. The number of phosphoric acid groups is 1. The normalized spacial score (nSPS) is 22.2. The van der Waals surface area contributed by atoms with E-state index in [2.05, 4.69) is 26.0 Å². The van der Waals surface area contributed by atoms with Crippen molar-refractivity contribution in [3.8, 4) is 0 Å². The van der Waals surface area contributed by atoms with Gasteiger partial charge in [-0.2, -0.15) is 0 Å². The van der Waals surface area contributed by atoms with Gasteiger partial charge < -0.3 is 39.9 Å². The van der Waals surface area contributed by atoms with Crippen molar-refractivity contribution in [3.05, 3.63) is 12.2 Å². The van der Waals surface area contributed by atoms with Gasteiger partial charge in [0.25, 0.3) is 0 Å². The summed E-state index contributed by atoms with van der Waals surface area (Å²) < 4.78 is 34.2. The van der Waals surface area contributed by atoms with Gasteiger partial charge in [0.15, 0.2) is 0 Å². The van der Waals surface area contributed by atoms with Crippen molar-refractivity contribution in [3.63, 3.8) is 0 Å². The fourth-order valence-electron chi connectivity index (χ4n) is 7.87. The summed E-state index contributed by atoms with van der Waals surface area (Å²) in [6, 6.07) is 0. The van der Waals surface area contributed by atoms with Crippen molar-refractivity contribution in [2.24, 2.45) is 0 Å². The third kappa shape index (κ3) is 31.6. The third-order valence-electron chi connectivity index (χ3n) is 11.9. The summed E-state index contributed by atoms with van der Waals surface area (Å²) in [4.78, 5) is 23.2. The molecular formula is C48H93O12P. The molecule has 0 bridgehead atoms. The Morgan fingerprint density at radius 3 is 1.34 bits per heavy atom. The number of aliphatic hydroxyl groups is 5. The Morgan fingerprint density at radius 1 is 0.508 bits per heavy atom. The Kier molecular flexibility index (Phi) is 37.6. The molecular weight excluding hydrogens is 799 g/mol. The van der Waals surface area contributed by atoms with E-state index in [1.54, 1.807) is 0 Å². The summed E-state index contributed by atoms with van der Waals surface area (Å²) in [5.41, 5.74) is 0. The Hall–Kier alpha value is -0.920. The summed E-state index contributed by atoms with van der Waals surface area (Å²) in [5.74, 6) is -0.474. The molecule has 1 aliphatic rings. The van der Waals surface area contributed by atoms with Crippen LogP contribution in [0.15, 0.2) is 12.2 Å². The number of hydrogen-bond donors (Lipinski definition) is 6. The minimum atomic E-state index is -5.01. The molecule has 0 radical (unpaired) electrons. The zero-order valence-electron chi connectivity index (χ0n) is 38.7. The molecule has 0 aromatic carbocycles. The molecule has 0 aromatic rings. The van der Waals surface area contributed by atoms with Gasteiger partial charge in [-0.1, -0.05) is 199 Å². The second kappa shape index (κ2) is 39.4. The van der Waals surface area contributed by atoms with Crippen LogP contribution in [0.25, 0.3) is 0 Å². The van der Waals surface area contributed by atoms with E-state index >= 15 is 0 Å². The van der Waals surface area contributed by atoms with Crippen molar-refractivity contribution in [1.29, 1.82) is 0 Å². The van der Waals surface area contributed by atoms with Crippen LogP contribution in [0, 0.1) is 0 Å². The zero-order chi connectivity index (χ0) is 44.8. The number of hydrogen-bond acceptors (Lipinski definition) is 11. The lowest BCUT2D eigenvalue weighted by Crippen LogP contribution is -2.64. The SMILES string of the molecule is CCCC/C=C\CCCCCCCCOCC(COP(=O)(O)OC1C(O)C(O)C(O)C(O)C1O)OC(=O)CCCCCCCCCCCCCCCCCCCCCCCC. The molecule has 6 atom stereocenters. The van der Waals surface area contributed by atoms with Crippen molar-refractivity contribution >= 4 is 13.8 Å². The first-order valence-corrected chi connectivity index (χ1v) is 26.5. The van der Waals surface area contributed by atoms with Crippen molar-refractivity contribution < 1.29 is 58.3 Å². The van der Waals surface area contributed by atoms with Gasteiger partial charge in [0.1, 0.15) is 42.7 Å². The van der Waals surface area contributed by atoms with E-state index in [4.69, 9.17) is 18.5 Å². The molecule has 1 rings (SSSR count). The molecule has 0 spiro atoms. The maximum atomic E-state index is 12.8.